The Morgan fingerprint density at radius 1 is 1.33 bits per heavy atom. The molecule has 0 amide bonds. The lowest BCUT2D eigenvalue weighted by molar-refractivity contribution is -0.109. The molecule has 0 bridgehead atoms. The number of aromatic nitrogens is 1. The lowest BCUT2D eigenvalue weighted by Gasteiger charge is -1.98. The zero-order valence-corrected chi connectivity index (χ0v) is 11.1. The Bertz CT molecular complexity index is 577. The fraction of sp³-hybridized carbons (Fsp3) is 0.200. The van der Waals surface area contributed by atoms with Crippen molar-refractivity contribution >= 4 is 33.7 Å². The number of benzene rings is 1. The van der Waals surface area contributed by atoms with Crippen LogP contribution in [0.15, 0.2) is 42.7 Å². The number of pyridine rings is 1. The molecule has 2 nitrogen and oxygen atoms in total. The van der Waals surface area contributed by atoms with Crippen LogP contribution in [0.5, 0.6) is 0 Å². The lowest BCUT2D eigenvalue weighted by atomic mass is 10.1. The molecule has 0 aliphatic heterocycles. The van der Waals surface area contributed by atoms with Gasteiger partial charge in [0.05, 0.1) is 0 Å². The maximum absolute atomic E-state index is 10.8. The second-order valence-corrected chi connectivity index (χ2v) is 5.29. The first-order chi connectivity index (χ1) is 8.75. The summed E-state index contributed by atoms with van der Waals surface area (Å²) in [5, 5.41) is 2.54. The van der Waals surface area contributed by atoms with Gasteiger partial charge in [-0.2, -0.15) is 0 Å². The summed E-state index contributed by atoms with van der Waals surface area (Å²) in [5.74, 6) is 0.851. The number of fused-ring (bicyclic) bond motifs is 1. The molecule has 18 heavy (non-hydrogen) atoms. The number of carbonyl (C=O) groups excluding carboxylic acids is 1. The Morgan fingerprint density at radius 3 is 3.06 bits per heavy atom. The first kappa shape index (κ1) is 12.8. The zero-order valence-electron chi connectivity index (χ0n) is 10.3. The molecule has 1 aromatic carbocycles. The molecule has 0 aliphatic rings. The van der Waals surface area contributed by atoms with E-state index in [1.807, 2.05) is 12.3 Å². The van der Waals surface area contributed by atoms with Crippen molar-refractivity contribution < 1.29 is 4.79 Å². The minimum absolute atomic E-state index is 0.182. The molecule has 0 fully saturated rings. The highest BCUT2D eigenvalue weighted by molar-refractivity contribution is 8.13. The van der Waals surface area contributed by atoms with Gasteiger partial charge in [0.2, 0.25) is 0 Å². The molecule has 1 heterocycles. The van der Waals surface area contributed by atoms with E-state index in [2.05, 4.69) is 35.3 Å². The van der Waals surface area contributed by atoms with E-state index in [1.54, 1.807) is 13.1 Å². The molecule has 0 unspecified atom stereocenters. The Balaban J connectivity index is 1.99. The molecule has 0 aliphatic carbocycles. The Morgan fingerprint density at radius 2 is 2.22 bits per heavy atom. The molecule has 0 radical (unpaired) electrons. The molecule has 0 saturated carbocycles. The van der Waals surface area contributed by atoms with Crippen molar-refractivity contribution in [2.75, 3.05) is 5.75 Å². The summed E-state index contributed by atoms with van der Waals surface area (Å²) in [4.78, 5) is 14.8. The quantitative estimate of drug-likeness (QED) is 0.778. The van der Waals surface area contributed by atoms with Gasteiger partial charge >= 0.3 is 0 Å². The third-order valence-electron chi connectivity index (χ3n) is 2.56. The number of hydrogen-bond acceptors (Lipinski definition) is 3. The molecule has 0 saturated heterocycles. The van der Waals surface area contributed by atoms with Gasteiger partial charge in [-0.3, -0.25) is 9.78 Å². The first-order valence-electron chi connectivity index (χ1n) is 5.89. The van der Waals surface area contributed by atoms with Crippen LogP contribution in [0.2, 0.25) is 0 Å². The third kappa shape index (κ3) is 3.70. The van der Waals surface area contributed by atoms with E-state index in [1.165, 1.54) is 22.7 Å². The van der Waals surface area contributed by atoms with Crippen molar-refractivity contribution in [2.45, 2.75) is 13.3 Å². The average molecular weight is 257 g/mol. The van der Waals surface area contributed by atoms with Gasteiger partial charge in [-0.1, -0.05) is 36.0 Å². The molecular formula is C15H15NOS. The summed E-state index contributed by atoms with van der Waals surface area (Å²) < 4.78 is 0. The molecule has 0 spiro atoms. The number of nitrogens with zero attached hydrogens (tertiary/aromatic N) is 1. The predicted molar refractivity (Wildman–Crippen MR) is 78.5 cm³/mol. The van der Waals surface area contributed by atoms with Crippen LogP contribution >= 0.6 is 11.8 Å². The van der Waals surface area contributed by atoms with Crippen LogP contribution in [0, 0.1) is 0 Å². The van der Waals surface area contributed by atoms with E-state index in [4.69, 9.17) is 0 Å². The average Bonchev–Trinajstić information content (AvgIpc) is 2.38. The summed E-state index contributed by atoms with van der Waals surface area (Å²) in [6.45, 7) is 1.60. The largest absolute Gasteiger partial charge is 0.288 e. The van der Waals surface area contributed by atoms with Crippen LogP contribution in [-0.4, -0.2) is 15.9 Å². The first-order valence-corrected chi connectivity index (χ1v) is 6.88. The molecule has 0 N–H and O–H groups in total. The topological polar surface area (TPSA) is 30.0 Å². The Hall–Kier alpha value is -1.61. The van der Waals surface area contributed by atoms with Gasteiger partial charge in [0, 0.05) is 30.5 Å². The van der Waals surface area contributed by atoms with Crippen molar-refractivity contribution in [3.05, 3.63) is 48.3 Å². The monoisotopic (exact) mass is 257 g/mol. The molecule has 2 rings (SSSR count). The number of allylic oxidation sites excluding steroid dienone is 1. The van der Waals surface area contributed by atoms with Crippen LogP contribution in [0.4, 0.5) is 0 Å². The standard InChI is InChI=1S/C15H15NOS/c1-12(17)18-9-3-2-4-13-5-6-15-11-16-8-7-14(15)10-13/h2,4-8,10-11H,3,9H2,1H3. The van der Waals surface area contributed by atoms with Gasteiger partial charge in [-0.15, -0.1) is 0 Å². The fourth-order valence-corrected chi connectivity index (χ4v) is 2.24. The van der Waals surface area contributed by atoms with Gasteiger partial charge in [0.15, 0.2) is 5.12 Å². The van der Waals surface area contributed by atoms with Crippen LogP contribution in [-0.2, 0) is 4.79 Å². The van der Waals surface area contributed by atoms with E-state index in [0.29, 0.717) is 0 Å². The predicted octanol–water partition coefficient (Wildman–Crippen LogP) is 3.92. The van der Waals surface area contributed by atoms with Crippen molar-refractivity contribution in [2.24, 2.45) is 0 Å². The summed E-state index contributed by atoms with van der Waals surface area (Å²) >= 11 is 1.37. The highest BCUT2D eigenvalue weighted by Crippen LogP contribution is 2.15. The van der Waals surface area contributed by atoms with Crippen molar-refractivity contribution in [1.29, 1.82) is 0 Å². The van der Waals surface area contributed by atoms with Crippen molar-refractivity contribution in [1.82, 2.24) is 4.98 Å². The summed E-state index contributed by atoms with van der Waals surface area (Å²) in [6, 6.07) is 8.31. The van der Waals surface area contributed by atoms with E-state index in [0.717, 1.165) is 17.6 Å². The van der Waals surface area contributed by atoms with Crippen LogP contribution in [0.25, 0.3) is 16.8 Å². The van der Waals surface area contributed by atoms with Gasteiger partial charge in [0.1, 0.15) is 0 Å². The highest BCUT2D eigenvalue weighted by atomic mass is 32.2. The molecule has 1 aromatic heterocycles. The van der Waals surface area contributed by atoms with Crippen LogP contribution in [0.3, 0.4) is 0 Å². The minimum atomic E-state index is 0.182. The maximum Gasteiger partial charge on any atom is 0.185 e. The minimum Gasteiger partial charge on any atom is -0.288 e. The second kappa shape index (κ2) is 6.36. The summed E-state index contributed by atoms with van der Waals surface area (Å²) in [7, 11) is 0. The second-order valence-electron chi connectivity index (χ2n) is 4.01. The lowest BCUT2D eigenvalue weighted by Crippen LogP contribution is -1.83. The normalized spacial score (nSPS) is 11.2. The van der Waals surface area contributed by atoms with Gasteiger partial charge in [0.25, 0.3) is 0 Å². The van der Waals surface area contributed by atoms with Gasteiger partial charge < -0.3 is 0 Å². The maximum atomic E-state index is 10.8. The van der Waals surface area contributed by atoms with Crippen LogP contribution in [0.1, 0.15) is 18.9 Å². The van der Waals surface area contributed by atoms with Gasteiger partial charge in [-0.05, 0) is 29.5 Å². The van der Waals surface area contributed by atoms with E-state index < -0.39 is 0 Å². The fourth-order valence-electron chi connectivity index (χ4n) is 1.70. The third-order valence-corrected chi connectivity index (χ3v) is 3.41. The van der Waals surface area contributed by atoms with Crippen LogP contribution < -0.4 is 0 Å². The Kier molecular flexibility index (Phi) is 4.53. The van der Waals surface area contributed by atoms with Crippen molar-refractivity contribution in [3.63, 3.8) is 0 Å². The SMILES string of the molecule is CC(=O)SCCC=Cc1ccc2cnccc2c1. The van der Waals surface area contributed by atoms with E-state index >= 15 is 0 Å². The van der Waals surface area contributed by atoms with Gasteiger partial charge in [-0.25, -0.2) is 0 Å². The van der Waals surface area contributed by atoms with E-state index in [9.17, 15) is 4.79 Å². The number of thioether (sulfide) groups is 1. The number of hydrogen-bond donors (Lipinski definition) is 0. The molecular weight excluding hydrogens is 242 g/mol. The molecule has 92 valence electrons. The van der Waals surface area contributed by atoms with Crippen molar-refractivity contribution in [3.8, 4) is 0 Å². The smallest absolute Gasteiger partial charge is 0.185 e. The zero-order chi connectivity index (χ0) is 12.8. The number of carbonyl (C=O) groups is 1. The highest BCUT2D eigenvalue weighted by Gasteiger charge is 1.94. The Labute approximate surface area is 111 Å². The summed E-state index contributed by atoms with van der Waals surface area (Å²) in [6.07, 6.45) is 8.79. The number of rotatable bonds is 4. The molecule has 0 atom stereocenters. The summed E-state index contributed by atoms with van der Waals surface area (Å²) in [5.41, 5.74) is 1.18. The van der Waals surface area contributed by atoms with E-state index in [-0.39, 0.29) is 5.12 Å². The molecule has 3 heteroatoms. The molecule has 2 aromatic rings.